The molecule has 0 radical (unpaired) electrons. The van der Waals surface area contributed by atoms with Gasteiger partial charge in [-0.3, -0.25) is 4.79 Å². The van der Waals surface area contributed by atoms with Crippen molar-refractivity contribution >= 4 is 23.2 Å². The number of Topliss-reactive ketones (excluding diaryl/α,β-unsaturated/α-hetero) is 1. The zero-order valence-corrected chi connectivity index (χ0v) is 20.1. The molecular formula is C27H28ClN3O2. The van der Waals surface area contributed by atoms with E-state index in [4.69, 9.17) is 21.3 Å². The molecule has 1 saturated heterocycles. The van der Waals surface area contributed by atoms with Crippen LogP contribution in [0.1, 0.15) is 57.8 Å². The number of piperidine rings is 1. The highest BCUT2D eigenvalue weighted by Crippen LogP contribution is 2.41. The van der Waals surface area contributed by atoms with Crippen LogP contribution in [0.15, 0.2) is 42.5 Å². The number of rotatable bonds is 3. The zero-order valence-electron chi connectivity index (χ0n) is 19.3. The van der Waals surface area contributed by atoms with Crippen LogP contribution in [-0.4, -0.2) is 34.4 Å². The third-order valence-electron chi connectivity index (χ3n) is 6.83. The summed E-state index contributed by atoms with van der Waals surface area (Å²) in [4.78, 5) is 24.7. The molecule has 0 aliphatic carbocycles. The molecular weight excluding hydrogens is 434 g/mol. The molecule has 5 rings (SSSR count). The summed E-state index contributed by atoms with van der Waals surface area (Å²) in [6, 6.07) is 14.0. The number of aryl methyl sites for hydroxylation is 3. The summed E-state index contributed by atoms with van der Waals surface area (Å²) in [6.07, 6.45) is 2.73. The third kappa shape index (κ3) is 4.34. The fourth-order valence-corrected chi connectivity index (χ4v) is 5.14. The Balaban J connectivity index is 1.38. The van der Waals surface area contributed by atoms with Crippen molar-refractivity contribution < 1.29 is 9.53 Å². The van der Waals surface area contributed by atoms with Crippen molar-refractivity contribution in [2.45, 2.75) is 52.1 Å². The van der Waals surface area contributed by atoms with Crippen LogP contribution in [0, 0.1) is 20.8 Å². The Labute approximate surface area is 199 Å². The average molecular weight is 462 g/mol. The van der Waals surface area contributed by atoms with Crippen LogP contribution in [0.3, 0.4) is 0 Å². The predicted molar refractivity (Wildman–Crippen MR) is 131 cm³/mol. The second-order valence-corrected chi connectivity index (χ2v) is 9.77. The molecule has 0 bridgehead atoms. The number of carbonyl (C=O) groups excluding carboxylic acids is 1. The van der Waals surface area contributed by atoms with Crippen LogP contribution in [0.25, 0.3) is 0 Å². The highest BCUT2D eigenvalue weighted by atomic mass is 35.5. The maximum atomic E-state index is 12.9. The number of carbonyl (C=O) groups is 1. The molecule has 5 nitrogen and oxygen atoms in total. The van der Waals surface area contributed by atoms with Gasteiger partial charge in [0, 0.05) is 48.6 Å². The summed E-state index contributed by atoms with van der Waals surface area (Å²) in [5, 5.41) is 0.562. The highest BCUT2D eigenvalue weighted by Gasteiger charge is 2.43. The number of fused-ring (bicyclic) bond motifs is 1. The number of hydrogen-bond acceptors (Lipinski definition) is 5. The van der Waals surface area contributed by atoms with Gasteiger partial charge in [0.25, 0.3) is 0 Å². The predicted octanol–water partition coefficient (Wildman–Crippen LogP) is 5.65. The van der Waals surface area contributed by atoms with Crippen LogP contribution >= 0.6 is 11.6 Å². The van der Waals surface area contributed by atoms with Gasteiger partial charge >= 0.3 is 0 Å². The van der Waals surface area contributed by atoms with Gasteiger partial charge in [0.05, 0.1) is 12.0 Å². The largest absolute Gasteiger partial charge is 0.486 e. The molecule has 0 atom stereocenters. The summed E-state index contributed by atoms with van der Waals surface area (Å²) in [5.74, 6) is 2.55. The molecule has 6 heteroatoms. The van der Waals surface area contributed by atoms with E-state index in [2.05, 4.69) is 48.0 Å². The van der Waals surface area contributed by atoms with Crippen LogP contribution in [0.4, 0.5) is 5.82 Å². The Morgan fingerprint density at radius 3 is 2.48 bits per heavy atom. The van der Waals surface area contributed by atoms with Crippen LogP contribution < -0.4 is 9.64 Å². The first kappa shape index (κ1) is 21.9. The van der Waals surface area contributed by atoms with E-state index in [0.29, 0.717) is 22.8 Å². The van der Waals surface area contributed by atoms with E-state index in [9.17, 15) is 4.79 Å². The smallest absolute Gasteiger partial charge is 0.170 e. The van der Waals surface area contributed by atoms with E-state index in [1.165, 1.54) is 16.7 Å². The summed E-state index contributed by atoms with van der Waals surface area (Å²) in [7, 11) is 0. The zero-order chi connectivity index (χ0) is 23.2. The van der Waals surface area contributed by atoms with E-state index in [0.717, 1.165) is 49.7 Å². The molecule has 0 N–H and O–H groups in total. The van der Waals surface area contributed by atoms with Gasteiger partial charge in [-0.05, 0) is 44.5 Å². The average Bonchev–Trinajstić information content (AvgIpc) is 2.78. The van der Waals surface area contributed by atoms with Gasteiger partial charge < -0.3 is 9.64 Å². The lowest BCUT2D eigenvalue weighted by atomic mass is 9.82. The molecule has 0 unspecified atom stereocenters. The Hall–Kier alpha value is -2.92. The van der Waals surface area contributed by atoms with Gasteiger partial charge in [-0.25, -0.2) is 9.97 Å². The summed E-state index contributed by atoms with van der Waals surface area (Å²) in [6.45, 7) is 7.69. The number of hydrogen-bond donors (Lipinski definition) is 0. The van der Waals surface area contributed by atoms with Gasteiger partial charge in [0.1, 0.15) is 23.0 Å². The van der Waals surface area contributed by atoms with Crippen molar-refractivity contribution in [1.29, 1.82) is 0 Å². The second kappa shape index (κ2) is 8.45. The van der Waals surface area contributed by atoms with Crippen molar-refractivity contribution in [2.24, 2.45) is 0 Å². The molecule has 0 amide bonds. The van der Waals surface area contributed by atoms with Crippen molar-refractivity contribution in [3.8, 4) is 5.75 Å². The van der Waals surface area contributed by atoms with Gasteiger partial charge in [0.15, 0.2) is 5.78 Å². The molecule has 0 saturated carbocycles. The van der Waals surface area contributed by atoms with Crippen molar-refractivity contribution in [2.75, 3.05) is 18.0 Å². The molecule has 1 fully saturated rings. The third-order valence-corrected chi connectivity index (χ3v) is 7.07. The quantitative estimate of drug-likeness (QED) is 0.504. The minimum absolute atomic E-state index is 0.112. The minimum Gasteiger partial charge on any atom is -0.486 e. The lowest BCUT2D eigenvalue weighted by Gasteiger charge is -2.44. The molecule has 3 aromatic rings. The topological polar surface area (TPSA) is 55.3 Å². The van der Waals surface area contributed by atoms with Crippen molar-refractivity contribution in [3.63, 3.8) is 0 Å². The Morgan fingerprint density at radius 1 is 1.03 bits per heavy atom. The van der Waals surface area contributed by atoms with Crippen molar-refractivity contribution in [1.82, 2.24) is 9.97 Å². The number of halogens is 1. The van der Waals surface area contributed by atoms with E-state index in [-0.39, 0.29) is 5.78 Å². The molecule has 1 aromatic heterocycles. The van der Waals surface area contributed by atoms with Gasteiger partial charge in [-0.1, -0.05) is 41.4 Å². The number of ether oxygens (including phenoxy) is 1. The lowest BCUT2D eigenvalue weighted by Crippen LogP contribution is -2.51. The second-order valence-electron chi connectivity index (χ2n) is 9.33. The number of aromatic nitrogens is 2. The first-order valence-corrected chi connectivity index (χ1v) is 11.9. The SMILES string of the molecule is Cc1ccc(Cc2c(C)nc(C)nc2N2CCC3(CC2)CC(=O)c2cc(Cl)ccc2O3)cc1. The molecule has 2 aromatic carbocycles. The molecule has 170 valence electrons. The van der Waals surface area contributed by atoms with Crippen LogP contribution in [0.5, 0.6) is 5.75 Å². The molecule has 33 heavy (non-hydrogen) atoms. The monoisotopic (exact) mass is 461 g/mol. The van der Waals surface area contributed by atoms with E-state index >= 15 is 0 Å². The standard InChI is InChI=1S/C27H28ClN3O2/c1-17-4-6-20(7-5-17)14-22-18(2)29-19(3)30-26(22)31-12-10-27(11-13-31)16-24(32)23-15-21(28)8-9-25(23)33-27/h4-9,15H,10-14,16H2,1-3H3. The van der Waals surface area contributed by atoms with Gasteiger partial charge in [-0.15, -0.1) is 0 Å². The maximum Gasteiger partial charge on any atom is 0.170 e. The van der Waals surface area contributed by atoms with Crippen LogP contribution in [-0.2, 0) is 6.42 Å². The Morgan fingerprint density at radius 2 is 1.76 bits per heavy atom. The lowest BCUT2D eigenvalue weighted by molar-refractivity contribution is 0.0231. The van der Waals surface area contributed by atoms with E-state index < -0.39 is 5.60 Å². The summed E-state index contributed by atoms with van der Waals surface area (Å²) in [5.41, 5.74) is 4.83. The van der Waals surface area contributed by atoms with Crippen molar-refractivity contribution in [3.05, 3.63) is 81.3 Å². The highest BCUT2D eigenvalue weighted by molar-refractivity contribution is 6.31. The Bertz CT molecular complexity index is 1210. The maximum absolute atomic E-state index is 12.9. The normalized spacial score (nSPS) is 17.1. The van der Waals surface area contributed by atoms with Gasteiger partial charge in [-0.2, -0.15) is 0 Å². The number of ketones is 1. The molecule has 3 heterocycles. The first-order chi connectivity index (χ1) is 15.8. The van der Waals surface area contributed by atoms with E-state index in [1.54, 1.807) is 12.1 Å². The van der Waals surface area contributed by atoms with Crippen LogP contribution in [0.2, 0.25) is 5.02 Å². The number of anilines is 1. The fourth-order valence-electron chi connectivity index (χ4n) is 4.97. The summed E-state index contributed by atoms with van der Waals surface area (Å²) >= 11 is 6.09. The minimum atomic E-state index is -0.456. The fraction of sp³-hybridized carbons (Fsp3) is 0.370. The number of nitrogens with zero attached hydrogens (tertiary/aromatic N) is 3. The molecule has 1 spiro atoms. The molecule has 2 aliphatic heterocycles. The summed E-state index contributed by atoms with van der Waals surface area (Å²) < 4.78 is 6.42. The van der Waals surface area contributed by atoms with Gasteiger partial charge in [0.2, 0.25) is 0 Å². The first-order valence-electron chi connectivity index (χ1n) is 11.5. The molecule has 2 aliphatic rings. The Kier molecular flexibility index (Phi) is 5.61. The van der Waals surface area contributed by atoms with E-state index in [1.807, 2.05) is 13.0 Å². The number of benzene rings is 2.